The Morgan fingerprint density at radius 2 is 1.83 bits per heavy atom. The van der Waals surface area contributed by atoms with E-state index in [4.69, 9.17) is 11.6 Å². The van der Waals surface area contributed by atoms with Gasteiger partial charge in [0.2, 0.25) is 0 Å². The number of fused-ring (bicyclic) bond motifs is 1. The minimum absolute atomic E-state index is 0.460. The first-order valence-corrected chi connectivity index (χ1v) is 6.85. The lowest BCUT2D eigenvalue weighted by Gasteiger charge is -2.08. The molecule has 0 radical (unpaired) electrons. The SMILES string of the molecule is CCCCCCNc1nnc(Cl)c2ccccc12. The van der Waals surface area contributed by atoms with Crippen LogP contribution in [0.25, 0.3) is 10.8 Å². The fraction of sp³-hybridized carbons (Fsp3) is 0.429. The largest absolute Gasteiger partial charge is 0.368 e. The lowest BCUT2D eigenvalue weighted by molar-refractivity contribution is 0.684. The van der Waals surface area contributed by atoms with Gasteiger partial charge in [0.25, 0.3) is 0 Å². The van der Waals surface area contributed by atoms with Gasteiger partial charge in [-0.2, -0.15) is 0 Å². The zero-order chi connectivity index (χ0) is 12.8. The van der Waals surface area contributed by atoms with Crippen LogP contribution in [0.1, 0.15) is 32.6 Å². The third-order valence-electron chi connectivity index (χ3n) is 2.97. The molecule has 1 heterocycles. The van der Waals surface area contributed by atoms with Crippen molar-refractivity contribution in [2.75, 3.05) is 11.9 Å². The molecule has 0 saturated carbocycles. The maximum atomic E-state index is 6.03. The molecule has 0 bridgehead atoms. The van der Waals surface area contributed by atoms with Crippen LogP contribution < -0.4 is 5.32 Å². The number of nitrogens with one attached hydrogen (secondary N) is 1. The molecule has 0 saturated heterocycles. The van der Waals surface area contributed by atoms with E-state index in [0.717, 1.165) is 29.6 Å². The summed E-state index contributed by atoms with van der Waals surface area (Å²) in [6, 6.07) is 7.93. The standard InChI is InChI=1S/C14H18ClN3/c1-2-3-4-7-10-16-14-12-9-6-5-8-11(12)13(15)17-18-14/h5-6,8-9H,2-4,7,10H2,1H3,(H,16,18). The maximum Gasteiger partial charge on any atom is 0.159 e. The van der Waals surface area contributed by atoms with E-state index in [9.17, 15) is 0 Å². The number of hydrogen-bond donors (Lipinski definition) is 1. The third-order valence-corrected chi connectivity index (χ3v) is 3.24. The molecule has 0 amide bonds. The van der Waals surface area contributed by atoms with Crippen LogP contribution in [0.3, 0.4) is 0 Å². The van der Waals surface area contributed by atoms with E-state index in [1.165, 1.54) is 19.3 Å². The minimum Gasteiger partial charge on any atom is -0.368 e. The fourth-order valence-corrected chi connectivity index (χ4v) is 2.16. The molecule has 0 unspecified atom stereocenters. The predicted octanol–water partition coefficient (Wildman–Crippen LogP) is 4.28. The first-order valence-electron chi connectivity index (χ1n) is 6.47. The maximum absolute atomic E-state index is 6.03. The lowest BCUT2D eigenvalue weighted by atomic mass is 10.2. The summed E-state index contributed by atoms with van der Waals surface area (Å²) in [7, 11) is 0. The Morgan fingerprint density at radius 3 is 2.61 bits per heavy atom. The van der Waals surface area contributed by atoms with Gasteiger partial charge < -0.3 is 5.32 Å². The van der Waals surface area contributed by atoms with Gasteiger partial charge >= 0.3 is 0 Å². The van der Waals surface area contributed by atoms with Crippen LogP contribution in [0.5, 0.6) is 0 Å². The Morgan fingerprint density at radius 1 is 1.06 bits per heavy atom. The Balaban J connectivity index is 2.07. The second kappa shape index (κ2) is 6.55. The van der Waals surface area contributed by atoms with Gasteiger partial charge in [-0.3, -0.25) is 0 Å². The molecule has 2 aromatic rings. The molecule has 0 aliphatic rings. The second-order valence-corrected chi connectivity index (χ2v) is 4.73. The van der Waals surface area contributed by atoms with Crippen molar-refractivity contribution < 1.29 is 0 Å². The van der Waals surface area contributed by atoms with E-state index in [1.54, 1.807) is 0 Å². The van der Waals surface area contributed by atoms with E-state index in [1.807, 2.05) is 24.3 Å². The topological polar surface area (TPSA) is 37.8 Å². The second-order valence-electron chi connectivity index (χ2n) is 4.37. The fourth-order valence-electron chi connectivity index (χ4n) is 1.96. The van der Waals surface area contributed by atoms with Crippen molar-refractivity contribution >= 4 is 28.2 Å². The molecule has 2 rings (SSSR count). The van der Waals surface area contributed by atoms with Gasteiger partial charge in [0.15, 0.2) is 11.0 Å². The van der Waals surface area contributed by atoms with Crippen molar-refractivity contribution in [3.05, 3.63) is 29.4 Å². The highest BCUT2D eigenvalue weighted by molar-refractivity contribution is 6.34. The summed E-state index contributed by atoms with van der Waals surface area (Å²) in [5.74, 6) is 0.825. The van der Waals surface area contributed by atoms with Crippen molar-refractivity contribution in [3.8, 4) is 0 Å². The molecular formula is C14H18ClN3. The van der Waals surface area contributed by atoms with E-state index < -0.39 is 0 Å². The molecule has 1 aromatic heterocycles. The van der Waals surface area contributed by atoms with Crippen molar-refractivity contribution in [2.24, 2.45) is 0 Å². The van der Waals surface area contributed by atoms with Gasteiger partial charge in [-0.1, -0.05) is 62.1 Å². The number of aromatic nitrogens is 2. The molecule has 1 N–H and O–H groups in total. The summed E-state index contributed by atoms with van der Waals surface area (Å²) < 4.78 is 0. The van der Waals surface area contributed by atoms with Gasteiger partial charge in [-0.15, -0.1) is 10.2 Å². The van der Waals surface area contributed by atoms with Gasteiger partial charge in [0.1, 0.15) is 0 Å². The summed E-state index contributed by atoms with van der Waals surface area (Å²) in [6.45, 7) is 3.14. The first kappa shape index (κ1) is 13.1. The number of anilines is 1. The summed E-state index contributed by atoms with van der Waals surface area (Å²) in [5.41, 5.74) is 0. The van der Waals surface area contributed by atoms with E-state index in [-0.39, 0.29) is 0 Å². The smallest absolute Gasteiger partial charge is 0.159 e. The Hall–Kier alpha value is -1.35. The molecule has 0 atom stereocenters. The van der Waals surface area contributed by atoms with Gasteiger partial charge in [0.05, 0.1) is 0 Å². The molecule has 1 aromatic carbocycles. The molecule has 4 heteroatoms. The van der Waals surface area contributed by atoms with Gasteiger partial charge in [0, 0.05) is 17.3 Å². The third kappa shape index (κ3) is 3.10. The predicted molar refractivity (Wildman–Crippen MR) is 77.2 cm³/mol. The molecule has 0 aliphatic heterocycles. The summed E-state index contributed by atoms with van der Waals surface area (Å²) >= 11 is 6.03. The molecule has 0 spiro atoms. The Bertz CT molecular complexity index is 513. The zero-order valence-corrected chi connectivity index (χ0v) is 11.4. The van der Waals surface area contributed by atoms with Crippen LogP contribution in [-0.2, 0) is 0 Å². The minimum atomic E-state index is 0.460. The van der Waals surface area contributed by atoms with E-state index in [0.29, 0.717) is 5.15 Å². The van der Waals surface area contributed by atoms with Crippen LogP contribution in [0.2, 0.25) is 5.15 Å². The number of rotatable bonds is 6. The van der Waals surface area contributed by atoms with Gasteiger partial charge in [-0.05, 0) is 6.42 Å². The van der Waals surface area contributed by atoms with Crippen molar-refractivity contribution in [1.82, 2.24) is 10.2 Å². The Labute approximate surface area is 113 Å². The normalized spacial score (nSPS) is 10.8. The van der Waals surface area contributed by atoms with Crippen LogP contribution >= 0.6 is 11.6 Å². The molecular weight excluding hydrogens is 246 g/mol. The van der Waals surface area contributed by atoms with E-state index >= 15 is 0 Å². The zero-order valence-electron chi connectivity index (χ0n) is 10.6. The molecule has 0 fully saturated rings. The van der Waals surface area contributed by atoms with Crippen LogP contribution in [-0.4, -0.2) is 16.7 Å². The first-order chi connectivity index (χ1) is 8.83. The number of unbranched alkanes of at least 4 members (excludes halogenated alkanes) is 3. The van der Waals surface area contributed by atoms with E-state index in [2.05, 4.69) is 22.4 Å². The highest BCUT2D eigenvalue weighted by Gasteiger charge is 2.06. The summed E-state index contributed by atoms with van der Waals surface area (Å²) in [4.78, 5) is 0. The van der Waals surface area contributed by atoms with Crippen LogP contribution in [0.15, 0.2) is 24.3 Å². The monoisotopic (exact) mass is 263 g/mol. The van der Waals surface area contributed by atoms with Crippen LogP contribution in [0, 0.1) is 0 Å². The van der Waals surface area contributed by atoms with Gasteiger partial charge in [-0.25, -0.2) is 0 Å². The molecule has 96 valence electrons. The lowest BCUT2D eigenvalue weighted by Crippen LogP contribution is -2.05. The highest BCUT2D eigenvalue weighted by Crippen LogP contribution is 2.25. The van der Waals surface area contributed by atoms with Crippen molar-refractivity contribution in [3.63, 3.8) is 0 Å². The Kier molecular flexibility index (Phi) is 4.76. The highest BCUT2D eigenvalue weighted by atomic mass is 35.5. The molecule has 3 nitrogen and oxygen atoms in total. The number of halogens is 1. The van der Waals surface area contributed by atoms with Crippen molar-refractivity contribution in [1.29, 1.82) is 0 Å². The number of nitrogens with zero attached hydrogens (tertiary/aromatic N) is 2. The molecule has 0 aliphatic carbocycles. The number of hydrogen-bond acceptors (Lipinski definition) is 3. The average Bonchev–Trinajstić information content (AvgIpc) is 2.41. The molecule has 18 heavy (non-hydrogen) atoms. The quantitative estimate of drug-likeness (QED) is 0.791. The summed E-state index contributed by atoms with van der Waals surface area (Å²) in [5, 5.41) is 13.9. The summed E-state index contributed by atoms with van der Waals surface area (Å²) in [6.07, 6.45) is 4.95. The van der Waals surface area contributed by atoms with Crippen LogP contribution in [0.4, 0.5) is 5.82 Å². The average molecular weight is 264 g/mol. The number of benzene rings is 1. The van der Waals surface area contributed by atoms with Crippen molar-refractivity contribution in [2.45, 2.75) is 32.6 Å².